The first-order chi connectivity index (χ1) is 12.4. The molecule has 0 heterocycles. The summed E-state index contributed by atoms with van der Waals surface area (Å²) in [5, 5.41) is 3.21. The molecule has 2 atom stereocenters. The Morgan fingerprint density at radius 2 is 1.88 bits per heavy atom. The monoisotopic (exact) mass is 429 g/mol. The molecule has 0 spiro atoms. The van der Waals surface area contributed by atoms with Crippen LogP contribution in [0.2, 0.25) is 5.32 Å². The fourth-order valence-corrected chi connectivity index (χ4v) is 4.04. The quantitative estimate of drug-likeness (QED) is 0.393. The summed E-state index contributed by atoms with van der Waals surface area (Å²) in [5.41, 5.74) is 5.76. The number of nitrogens with zero attached hydrogens (tertiary/aromatic N) is 1. The van der Waals surface area contributed by atoms with E-state index in [1.807, 2.05) is 37.3 Å². The second kappa shape index (κ2) is 11.7. The number of amides is 2. The molecule has 3 N–H and O–H groups in total. The zero-order chi connectivity index (χ0) is 19.5. The summed E-state index contributed by atoms with van der Waals surface area (Å²) < 4.78 is 6.00. The average Bonchev–Trinajstić information content (AvgIpc) is 2.64. The Hall–Kier alpha value is -1.89. The Balaban J connectivity index is 2.79. The van der Waals surface area contributed by atoms with E-state index in [2.05, 4.69) is 5.32 Å². The molecule has 7 nitrogen and oxygen atoms in total. The molecule has 1 rings (SSSR count). The van der Waals surface area contributed by atoms with Crippen molar-refractivity contribution >= 4 is 37.2 Å². The molecule has 0 aliphatic heterocycles. The molecule has 0 fully saturated rings. The van der Waals surface area contributed by atoms with Crippen molar-refractivity contribution < 1.29 is 19.1 Å². The Kier molecular flexibility index (Phi) is 9.94. The Bertz CT molecular complexity index is 597. The average molecular weight is 428 g/mol. The first kappa shape index (κ1) is 22.2. The molecule has 0 aliphatic carbocycles. The van der Waals surface area contributed by atoms with E-state index in [-0.39, 0.29) is 39.9 Å². The third-order valence-electron chi connectivity index (χ3n) is 3.60. The second-order valence-electron chi connectivity index (χ2n) is 5.70. The maximum absolute atomic E-state index is 12.7. The van der Waals surface area contributed by atoms with E-state index < -0.39 is 18.1 Å². The Morgan fingerprint density at radius 3 is 2.46 bits per heavy atom. The standard InChI is InChI=1S/C18H27N3O4Se/c1-4-14(19)17(23)20-15(12-26-13-9-7-6-8-10-13)18(24)21(3)11-16(22)25-5-2/h6-10,14-15H,4-5,11-12,19H2,1-3H3,(H,20,23)/t14-,15+/m1/s1. The minimum absolute atomic E-state index is 0.00402. The summed E-state index contributed by atoms with van der Waals surface area (Å²) in [4.78, 5) is 37.8. The second-order valence-corrected chi connectivity index (χ2v) is 7.99. The molecule has 1 aromatic rings. The summed E-state index contributed by atoms with van der Waals surface area (Å²) in [5.74, 6) is -1.17. The maximum atomic E-state index is 12.7. The van der Waals surface area contributed by atoms with Gasteiger partial charge in [-0.3, -0.25) is 0 Å². The Morgan fingerprint density at radius 1 is 1.23 bits per heavy atom. The molecule has 8 heteroatoms. The number of benzene rings is 1. The fraction of sp³-hybridized carbons (Fsp3) is 0.500. The van der Waals surface area contributed by atoms with Crippen LogP contribution in [0.4, 0.5) is 0 Å². The third kappa shape index (κ3) is 7.56. The van der Waals surface area contributed by atoms with E-state index in [9.17, 15) is 14.4 Å². The van der Waals surface area contributed by atoms with Crippen molar-refractivity contribution in [2.24, 2.45) is 5.73 Å². The van der Waals surface area contributed by atoms with Crippen molar-refractivity contribution in [2.75, 3.05) is 20.2 Å². The number of carbonyl (C=O) groups excluding carboxylic acids is 3. The number of nitrogens with two attached hydrogens (primary N) is 1. The van der Waals surface area contributed by atoms with Gasteiger partial charge in [-0.1, -0.05) is 0 Å². The number of likely N-dealkylation sites (N-methyl/N-ethyl adjacent to an activating group) is 1. The van der Waals surface area contributed by atoms with Crippen LogP contribution >= 0.6 is 0 Å². The van der Waals surface area contributed by atoms with Gasteiger partial charge in [-0.2, -0.15) is 0 Å². The van der Waals surface area contributed by atoms with Crippen LogP contribution in [0.1, 0.15) is 20.3 Å². The van der Waals surface area contributed by atoms with Gasteiger partial charge >= 0.3 is 160 Å². The van der Waals surface area contributed by atoms with Crippen molar-refractivity contribution in [1.29, 1.82) is 0 Å². The van der Waals surface area contributed by atoms with E-state index in [1.165, 1.54) is 11.9 Å². The summed E-state index contributed by atoms with van der Waals surface area (Å²) in [7, 11) is 1.52. The van der Waals surface area contributed by atoms with Gasteiger partial charge < -0.3 is 0 Å². The first-order valence-electron chi connectivity index (χ1n) is 8.53. The van der Waals surface area contributed by atoms with Crippen molar-refractivity contribution in [3.05, 3.63) is 30.3 Å². The van der Waals surface area contributed by atoms with Crippen LogP contribution in [-0.4, -0.2) is 69.9 Å². The molecular weight excluding hydrogens is 401 g/mol. The molecular formula is C18H27N3O4Se. The van der Waals surface area contributed by atoms with Gasteiger partial charge in [0.2, 0.25) is 0 Å². The number of esters is 1. The summed E-state index contributed by atoms with van der Waals surface area (Å²) in [6.45, 7) is 3.61. The van der Waals surface area contributed by atoms with Crippen molar-refractivity contribution in [1.82, 2.24) is 10.2 Å². The SMILES string of the molecule is CCOC(=O)CN(C)C(=O)[C@H](C[Se]c1ccccc1)NC(=O)[C@H](N)CC. The topological polar surface area (TPSA) is 102 Å². The van der Waals surface area contributed by atoms with E-state index in [1.54, 1.807) is 6.92 Å². The summed E-state index contributed by atoms with van der Waals surface area (Å²) >= 11 is -0.00402. The van der Waals surface area contributed by atoms with Crippen LogP contribution in [0.5, 0.6) is 0 Å². The van der Waals surface area contributed by atoms with Gasteiger partial charge in [0.15, 0.2) is 0 Å². The molecule has 0 unspecified atom stereocenters. The predicted octanol–water partition coefficient (Wildman–Crippen LogP) is -0.322. The van der Waals surface area contributed by atoms with Crippen LogP contribution in [0.15, 0.2) is 30.3 Å². The van der Waals surface area contributed by atoms with E-state index in [4.69, 9.17) is 10.5 Å². The predicted molar refractivity (Wildman–Crippen MR) is 101 cm³/mol. The van der Waals surface area contributed by atoms with Crippen LogP contribution < -0.4 is 15.5 Å². The number of carbonyl (C=O) groups is 3. The summed E-state index contributed by atoms with van der Waals surface area (Å²) in [6.07, 6.45) is 0.481. The molecule has 0 bridgehead atoms. The number of hydrogen-bond acceptors (Lipinski definition) is 5. The molecule has 2 amide bonds. The molecule has 1 aromatic carbocycles. The molecule has 0 saturated carbocycles. The first-order valence-corrected chi connectivity index (χ1v) is 10.6. The van der Waals surface area contributed by atoms with Crippen LogP contribution in [0.3, 0.4) is 0 Å². The van der Waals surface area contributed by atoms with Crippen LogP contribution in [-0.2, 0) is 19.1 Å². The third-order valence-corrected chi connectivity index (χ3v) is 5.92. The van der Waals surface area contributed by atoms with Crippen LogP contribution in [0.25, 0.3) is 0 Å². The van der Waals surface area contributed by atoms with Crippen LogP contribution in [0, 0.1) is 0 Å². The van der Waals surface area contributed by atoms with Gasteiger partial charge in [0.05, 0.1) is 0 Å². The van der Waals surface area contributed by atoms with Gasteiger partial charge in [0.25, 0.3) is 0 Å². The zero-order valence-electron chi connectivity index (χ0n) is 15.4. The number of hydrogen-bond donors (Lipinski definition) is 2. The number of rotatable bonds is 10. The zero-order valence-corrected chi connectivity index (χ0v) is 17.1. The van der Waals surface area contributed by atoms with E-state index in [0.29, 0.717) is 11.7 Å². The normalized spacial score (nSPS) is 12.8. The molecule has 0 radical (unpaired) electrons. The van der Waals surface area contributed by atoms with Gasteiger partial charge in [0.1, 0.15) is 0 Å². The van der Waals surface area contributed by atoms with Gasteiger partial charge in [-0.15, -0.1) is 0 Å². The summed E-state index contributed by atoms with van der Waals surface area (Å²) in [6, 6.07) is 8.40. The molecule has 0 aromatic heterocycles. The van der Waals surface area contributed by atoms with E-state index in [0.717, 1.165) is 4.46 Å². The van der Waals surface area contributed by atoms with Gasteiger partial charge in [-0.25, -0.2) is 0 Å². The van der Waals surface area contributed by atoms with Crippen molar-refractivity contribution in [2.45, 2.75) is 37.7 Å². The van der Waals surface area contributed by atoms with E-state index >= 15 is 0 Å². The van der Waals surface area contributed by atoms with Gasteiger partial charge in [-0.05, 0) is 0 Å². The van der Waals surface area contributed by atoms with Crippen molar-refractivity contribution in [3.8, 4) is 0 Å². The molecule has 0 saturated heterocycles. The molecule has 144 valence electrons. The fourth-order valence-electron chi connectivity index (χ4n) is 2.08. The Labute approximate surface area is 160 Å². The minimum atomic E-state index is -0.722. The molecule has 0 aliphatic rings. The number of ether oxygens (including phenoxy) is 1. The van der Waals surface area contributed by atoms with Gasteiger partial charge in [0, 0.05) is 0 Å². The van der Waals surface area contributed by atoms with Crippen molar-refractivity contribution in [3.63, 3.8) is 0 Å². The molecule has 26 heavy (non-hydrogen) atoms. The number of nitrogens with one attached hydrogen (secondary N) is 1.